The van der Waals surface area contributed by atoms with E-state index in [1.165, 1.54) is 25.4 Å². The number of aliphatic carboxylic acids is 1. The lowest BCUT2D eigenvalue weighted by Crippen LogP contribution is -2.55. The van der Waals surface area contributed by atoms with Gasteiger partial charge in [-0.1, -0.05) is 24.3 Å². The van der Waals surface area contributed by atoms with Crippen molar-refractivity contribution in [3.8, 4) is 11.1 Å². The summed E-state index contributed by atoms with van der Waals surface area (Å²) < 4.78 is 14.8. The SMILES string of the molecule is Cc1cccc(C)c1-c1ccc(F)c([C@H](CC(=O)O)NC(=O)NC2C(=O)C=CN(C)C2=O)c1. The van der Waals surface area contributed by atoms with Crippen LogP contribution in [-0.4, -0.2) is 46.8 Å². The lowest BCUT2D eigenvalue weighted by molar-refractivity contribution is -0.138. The molecule has 2 aromatic rings. The highest BCUT2D eigenvalue weighted by atomic mass is 19.1. The van der Waals surface area contributed by atoms with E-state index in [0.717, 1.165) is 27.7 Å². The first-order valence-corrected chi connectivity index (χ1v) is 10.2. The summed E-state index contributed by atoms with van der Waals surface area (Å²) in [6.07, 6.45) is 1.82. The smallest absolute Gasteiger partial charge is 0.316 e. The van der Waals surface area contributed by atoms with Crippen molar-refractivity contribution in [3.05, 3.63) is 71.2 Å². The first-order chi connectivity index (χ1) is 15.6. The van der Waals surface area contributed by atoms with Crippen molar-refractivity contribution in [1.82, 2.24) is 15.5 Å². The summed E-state index contributed by atoms with van der Waals surface area (Å²) in [7, 11) is 1.43. The molecule has 0 bridgehead atoms. The molecule has 2 atom stereocenters. The summed E-state index contributed by atoms with van der Waals surface area (Å²) >= 11 is 0. The summed E-state index contributed by atoms with van der Waals surface area (Å²) in [6.45, 7) is 3.82. The maximum Gasteiger partial charge on any atom is 0.316 e. The van der Waals surface area contributed by atoms with Crippen LogP contribution in [0, 0.1) is 19.7 Å². The molecule has 1 aliphatic heterocycles. The number of nitrogens with zero attached hydrogens (tertiary/aromatic N) is 1. The van der Waals surface area contributed by atoms with Crippen molar-refractivity contribution in [2.45, 2.75) is 32.4 Å². The van der Waals surface area contributed by atoms with Gasteiger partial charge in [-0.3, -0.25) is 14.4 Å². The maximum absolute atomic E-state index is 14.8. The van der Waals surface area contributed by atoms with Crippen LogP contribution >= 0.6 is 0 Å². The highest BCUT2D eigenvalue weighted by Gasteiger charge is 2.33. The van der Waals surface area contributed by atoms with E-state index < -0.39 is 48.0 Å². The highest BCUT2D eigenvalue weighted by Crippen LogP contribution is 2.31. The first-order valence-electron chi connectivity index (χ1n) is 10.2. The molecule has 1 unspecified atom stereocenters. The average molecular weight is 453 g/mol. The fraction of sp³-hybridized carbons (Fsp3) is 0.250. The van der Waals surface area contributed by atoms with Gasteiger partial charge in [-0.25, -0.2) is 9.18 Å². The van der Waals surface area contributed by atoms with Crippen molar-refractivity contribution in [2.24, 2.45) is 0 Å². The van der Waals surface area contributed by atoms with E-state index in [-0.39, 0.29) is 5.56 Å². The van der Waals surface area contributed by atoms with Gasteiger partial charge >= 0.3 is 12.0 Å². The number of benzene rings is 2. The zero-order valence-corrected chi connectivity index (χ0v) is 18.4. The van der Waals surface area contributed by atoms with E-state index in [1.807, 2.05) is 32.0 Å². The molecule has 3 amide bonds. The number of carbonyl (C=O) groups excluding carboxylic acids is 3. The molecule has 3 N–H and O–H groups in total. The predicted octanol–water partition coefficient (Wildman–Crippen LogP) is 2.85. The fourth-order valence-electron chi connectivity index (χ4n) is 3.79. The van der Waals surface area contributed by atoms with Crippen molar-refractivity contribution in [1.29, 1.82) is 0 Å². The zero-order chi connectivity index (χ0) is 24.3. The molecule has 0 spiro atoms. The molecule has 33 heavy (non-hydrogen) atoms. The largest absolute Gasteiger partial charge is 0.481 e. The highest BCUT2D eigenvalue weighted by molar-refractivity contribution is 6.14. The number of carbonyl (C=O) groups is 4. The van der Waals surface area contributed by atoms with Crippen LogP contribution in [0.5, 0.6) is 0 Å². The van der Waals surface area contributed by atoms with E-state index in [9.17, 15) is 28.7 Å². The molecule has 0 radical (unpaired) electrons. The third-order valence-electron chi connectivity index (χ3n) is 5.44. The second-order valence-corrected chi connectivity index (χ2v) is 7.87. The standard InChI is InChI=1S/C24H24FN3O5/c1-13-5-4-6-14(2)21(13)15-7-8-17(25)16(11-15)18(12-20(30)31)26-24(33)27-22-19(29)9-10-28(3)23(22)32/h4-11,18,22H,12H2,1-3H3,(H,30,31)(H2,26,27,33)/t18-,22?/m0/s1. The number of nitrogens with one attached hydrogen (secondary N) is 2. The molecule has 8 nitrogen and oxygen atoms in total. The summed E-state index contributed by atoms with van der Waals surface area (Å²) in [5, 5.41) is 14.0. The number of likely N-dealkylation sites (N-methyl/N-ethyl adjacent to an activating group) is 1. The molecule has 2 aromatic carbocycles. The van der Waals surface area contributed by atoms with Gasteiger partial charge in [0, 0.05) is 24.9 Å². The second kappa shape index (κ2) is 9.64. The van der Waals surface area contributed by atoms with E-state index in [0.29, 0.717) is 5.56 Å². The van der Waals surface area contributed by atoms with Gasteiger partial charge in [0.15, 0.2) is 11.8 Å². The molecule has 0 aliphatic carbocycles. The third kappa shape index (κ3) is 5.25. The average Bonchev–Trinajstić information content (AvgIpc) is 2.74. The quantitative estimate of drug-likeness (QED) is 0.582. The molecule has 1 heterocycles. The van der Waals surface area contributed by atoms with Gasteiger partial charge in [0.05, 0.1) is 12.5 Å². The Kier molecular flexibility index (Phi) is 6.91. The Morgan fingerprint density at radius 1 is 1.15 bits per heavy atom. The van der Waals surface area contributed by atoms with E-state index in [2.05, 4.69) is 10.6 Å². The molecule has 0 aromatic heterocycles. The van der Waals surface area contributed by atoms with Crippen LogP contribution < -0.4 is 10.6 Å². The first kappa shape index (κ1) is 23.6. The van der Waals surface area contributed by atoms with E-state index in [4.69, 9.17) is 0 Å². The molecule has 0 fully saturated rings. The van der Waals surface area contributed by atoms with Gasteiger partial charge in [-0.2, -0.15) is 0 Å². The van der Waals surface area contributed by atoms with E-state index in [1.54, 1.807) is 6.07 Å². The Labute approximate surface area is 190 Å². The number of halogens is 1. The Balaban J connectivity index is 1.91. The minimum Gasteiger partial charge on any atom is -0.481 e. The lowest BCUT2D eigenvalue weighted by atomic mass is 9.92. The Bertz CT molecular complexity index is 1140. The van der Waals surface area contributed by atoms with Crippen LogP contribution in [0.15, 0.2) is 48.7 Å². The number of carboxylic acid groups (broad SMARTS) is 1. The predicted molar refractivity (Wildman–Crippen MR) is 119 cm³/mol. The molecule has 0 saturated heterocycles. The van der Waals surface area contributed by atoms with Crippen LogP contribution in [-0.2, 0) is 14.4 Å². The van der Waals surface area contributed by atoms with Gasteiger partial charge < -0.3 is 20.6 Å². The van der Waals surface area contributed by atoms with E-state index >= 15 is 0 Å². The number of hydrogen-bond acceptors (Lipinski definition) is 4. The molecule has 172 valence electrons. The van der Waals surface area contributed by atoms with Crippen LogP contribution in [0.25, 0.3) is 11.1 Å². The fourth-order valence-corrected chi connectivity index (χ4v) is 3.79. The van der Waals surface area contributed by atoms with Gasteiger partial charge in [0.2, 0.25) is 0 Å². The molecule has 9 heteroatoms. The molecular formula is C24H24FN3O5. The molecule has 3 rings (SSSR count). The topological polar surface area (TPSA) is 116 Å². The Hall–Kier alpha value is -4.01. The molecule has 1 aliphatic rings. The normalized spacial score (nSPS) is 16.5. The number of rotatable bonds is 6. The minimum absolute atomic E-state index is 0.0222. The van der Waals surface area contributed by atoms with Crippen LogP contribution in [0.3, 0.4) is 0 Å². The lowest BCUT2D eigenvalue weighted by Gasteiger charge is -2.25. The number of urea groups is 1. The van der Waals surface area contributed by atoms with Gasteiger partial charge in [-0.15, -0.1) is 0 Å². The van der Waals surface area contributed by atoms with Crippen molar-refractivity contribution >= 4 is 23.7 Å². The Morgan fingerprint density at radius 2 is 1.82 bits per heavy atom. The summed E-state index contributed by atoms with van der Waals surface area (Å²) in [6, 6.07) is 6.39. The van der Waals surface area contributed by atoms with Crippen LogP contribution in [0.4, 0.5) is 9.18 Å². The van der Waals surface area contributed by atoms with Gasteiger partial charge in [0.25, 0.3) is 5.91 Å². The molecular weight excluding hydrogens is 429 g/mol. The summed E-state index contributed by atoms with van der Waals surface area (Å²) in [4.78, 5) is 49.4. The van der Waals surface area contributed by atoms with Gasteiger partial charge in [-0.05, 0) is 48.2 Å². The van der Waals surface area contributed by atoms with Crippen molar-refractivity contribution in [2.75, 3.05) is 7.05 Å². The van der Waals surface area contributed by atoms with Crippen molar-refractivity contribution in [3.63, 3.8) is 0 Å². The summed E-state index contributed by atoms with van der Waals surface area (Å²) in [5.74, 6) is -3.21. The minimum atomic E-state index is -1.45. The van der Waals surface area contributed by atoms with Crippen molar-refractivity contribution < 1.29 is 28.7 Å². The molecule has 0 saturated carbocycles. The number of hydrogen-bond donors (Lipinski definition) is 3. The maximum atomic E-state index is 14.8. The third-order valence-corrected chi connectivity index (χ3v) is 5.44. The van der Waals surface area contributed by atoms with Gasteiger partial charge in [0.1, 0.15) is 5.82 Å². The monoisotopic (exact) mass is 453 g/mol. The number of aryl methyl sites for hydroxylation is 2. The Morgan fingerprint density at radius 3 is 2.45 bits per heavy atom. The second-order valence-electron chi connectivity index (χ2n) is 7.87. The zero-order valence-electron chi connectivity index (χ0n) is 18.4. The van der Waals surface area contributed by atoms with Crippen LogP contribution in [0.1, 0.15) is 29.2 Å². The summed E-state index contributed by atoms with van der Waals surface area (Å²) in [5.41, 5.74) is 3.44. The number of amides is 3. The van der Waals surface area contributed by atoms with Crippen LogP contribution in [0.2, 0.25) is 0 Å². The number of ketones is 1. The number of carboxylic acids is 1.